The van der Waals surface area contributed by atoms with Crippen molar-refractivity contribution in [2.75, 3.05) is 49.6 Å². The summed E-state index contributed by atoms with van der Waals surface area (Å²) >= 11 is 0. The van der Waals surface area contributed by atoms with Gasteiger partial charge in [0.15, 0.2) is 9.84 Å². The van der Waals surface area contributed by atoms with Crippen molar-refractivity contribution in [2.24, 2.45) is 0 Å². The van der Waals surface area contributed by atoms with Crippen LogP contribution >= 0.6 is 0 Å². The van der Waals surface area contributed by atoms with Gasteiger partial charge in [-0.25, -0.2) is 8.42 Å². The lowest BCUT2D eigenvalue weighted by atomic mass is 10.2. The molecule has 26 heavy (non-hydrogen) atoms. The number of amides is 2. The molecule has 1 aromatic carbocycles. The number of rotatable bonds is 5. The summed E-state index contributed by atoms with van der Waals surface area (Å²) in [6.07, 6.45) is 0.924. The third kappa shape index (κ3) is 4.42. The Morgan fingerprint density at radius 1 is 1.23 bits per heavy atom. The fraction of sp³-hybridized carbons (Fsp3) is 0.556. The van der Waals surface area contributed by atoms with E-state index in [1.54, 1.807) is 9.80 Å². The summed E-state index contributed by atoms with van der Waals surface area (Å²) in [4.78, 5) is 30.1. The number of para-hydroxylation sites is 1. The molecule has 1 atom stereocenters. The molecule has 0 radical (unpaired) electrons. The summed E-state index contributed by atoms with van der Waals surface area (Å²) in [5, 5.41) is 0. The fourth-order valence-electron chi connectivity index (χ4n) is 3.50. The van der Waals surface area contributed by atoms with Gasteiger partial charge in [-0.2, -0.15) is 0 Å². The number of carbonyl (C=O) groups is 2. The SMILES string of the molecule is CN(CCC(=O)N1CCN(c2ccccc2)C(=O)C1)[C@@H]1CCS(=O)(=O)C1. The van der Waals surface area contributed by atoms with Crippen LogP contribution in [0, 0.1) is 0 Å². The summed E-state index contributed by atoms with van der Waals surface area (Å²) in [6.45, 7) is 1.60. The van der Waals surface area contributed by atoms with E-state index < -0.39 is 9.84 Å². The Kier molecular flexibility index (Phi) is 5.62. The highest BCUT2D eigenvalue weighted by Gasteiger charge is 2.32. The molecule has 142 valence electrons. The quantitative estimate of drug-likeness (QED) is 0.739. The Balaban J connectivity index is 1.48. The zero-order chi connectivity index (χ0) is 18.7. The van der Waals surface area contributed by atoms with Crippen LogP contribution in [0.2, 0.25) is 0 Å². The molecule has 0 aliphatic carbocycles. The molecule has 0 spiro atoms. The first-order valence-electron chi connectivity index (χ1n) is 8.89. The van der Waals surface area contributed by atoms with Gasteiger partial charge in [0.25, 0.3) is 0 Å². The van der Waals surface area contributed by atoms with Crippen molar-refractivity contribution in [2.45, 2.75) is 18.9 Å². The minimum Gasteiger partial charge on any atom is -0.332 e. The van der Waals surface area contributed by atoms with E-state index in [-0.39, 0.29) is 35.9 Å². The molecule has 8 heteroatoms. The smallest absolute Gasteiger partial charge is 0.246 e. The largest absolute Gasteiger partial charge is 0.332 e. The molecule has 0 saturated carbocycles. The minimum atomic E-state index is -2.93. The zero-order valence-electron chi connectivity index (χ0n) is 15.0. The van der Waals surface area contributed by atoms with Gasteiger partial charge in [-0.05, 0) is 25.6 Å². The van der Waals surface area contributed by atoms with E-state index in [2.05, 4.69) is 0 Å². The number of benzene rings is 1. The Labute approximate surface area is 154 Å². The second kappa shape index (κ2) is 7.75. The van der Waals surface area contributed by atoms with E-state index in [9.17, 15) is 18.0 Å². The first-order valence-corrected chi connectivity index (χ1v) is 10.7. The van der Waals surface area contributed by atoms with Crippen LogP contribution < -0.4 is 4.90 Å². The molecule has 1 aromatic rings. The third-order valence-electron chi connectivity index (χ3n) is 5.15. The van der Waals surface area contributed by atoms with E-state index in [1.807, 2.05) is 42.3 Å². The van der Waals surface area contributed by atoms with Gasteiger partial charge >= 0.3 is 0 Å². The Bertz CT molecular complexity index is 766. The molecule has 3 rings (SSSR count). The average Bonchev–Trinajstić information content (AvgIpc) is 3.00. The van der Waals surface area contributed by atoms with Crippen LogP contribution in [-0.4, -0.2) is 80.8 Å². The van der Waals surface area contributed by atoms with Crippen LogP contribution in [0.4, 0.5) is 5.69 Å². The highest BCUT2D eigenvalue weighted by Crippen LogP contribution is 2.18. The van der Waals surface area contributed by atoms with Crippen molar-refractivity contribution in [3.05, 3.63) is 30.3 Å². The molecule has 2 fully saturated rings. The van der Waals surface area contributed by atoms with Crippen LogP contribution in [-0.2, 0) is 19.4 Å². The van der Waals surface area contributed by atoms with Crippen LogP contribution in [0.3, 0.4) is 0 Å². The molecule has 2 saturated heterocycles. The number of nitrogens with zero attached hydrogens (tertiary/aromatic N) is 3. The van der Waals surface area contributed by atoms with Gasteiger partial charge in [0, 0.05) is 37.8 Å². The molecular formula is C18H25N3O4S. The molecule has 0 N–H and O–H groups in total. The average molecular weight is 379 g/mol. The lowest BCUT2D eigenvalue weighted by molar-refractivity contribution is -0.137. The van der Waals surface area contributed by atoms with Gasteiger partial charge in [0.05, 0.1) is 11.5 Å². The summed E-state index contributed by atoms with van der Waals surface area (Å²) in [5.41, 5.74) is 0.853. The predicted octanol–water partition coefficient (Wildman–Crippen LogP) is 0.371. The van der Waals surface area contributed by atoms with E-state index in [4.69, 9.17) is 0 Å². The topological polar surface area (TPSA) is 78.0 Å². The molecule has 2 amide bonds. The molecule has 2 heterocycles. The van der Waals surface area contributed by atoms with Crippen molar-refractivity contribution in [1.82, 2.24) is 9.80 Å². The highest BCUT2D eigenvalue weighted by molar-refractivity contribution is 7.91. The van der Waals surface area contributed by atoms with Gasteiger partial charge in [0.2, 0.25) is 11.8 Å². The first-order chi connectivity index (χ1) is 12.4. The van der Waals surface area contributed by atoms with Crippen molar-refractivity contribution in [3.63, 3.8) is 0 Å². The minimum absolute atomic E-state index is 0.00985. The van der Waals surface area contributed by atoms with Gasteiger partial charge in [-0.1, -0.05) is 18.2 Å². The van der Waals surface area contributed by atoms with Crippen molar-refractivity contribution in [3.8, 4) is 0 Å². The van der Waals surface area contributed by atoms with E-state index >= 15 is 0 Å². The lowest BCUT2D eigenvalue weighted by Crippen LogP contribution is -2.52. The van der Waals surface area contributed by atoms with Crippen molar-refractivity contribution in [1.29, 1.82) is 0 Å². The lowest BCUT2D eigenvalue weighted by Gasteiger charge is -2.34. The van der Waals surface area contributed by atoms with Gasteiger partial charge in [-0.3, -0.25) is 9.59 Å². The predicted molar refractivity (Wildman–Crippen MR) is 99.7 cm³/mol. The molecule has 7 nitrogen and oxygen atoms in total. The normalized spacial score (nSPS) is 22.8. The van der Waals surface area contributed by atoms with Crippen molar-refractivity contribution < 1.29 is 18.0 Å². The number of hydrogen-bond acceptors (Lipinski definition) is 5. The number of sulfone groups is 1. The maximum Gasteiger partial charge on any atom is 0.246 e. The highest BCUT2D eigenvalue weighted by atomic mass is 32.2. The van der Waals surface area contributed by atoms with Gasteiger partial charge < -0.3 is 14.7 Å². The Morgan fingerprint density at radius 3 is 2.58 bits per heavy atom. The summed E-state index contributed by atoms with van der Waals surface area (Å²) < 4.78 is 23.1. The van der Waals surface area contributed by atoms with Gasteiger partial charge in [0.1, 0.15) is 6.54 Å². The summed E-state index contributed by atoms with van der Waals surface area (Å²) in [7, 11) is -1.07. The van der Waals surface area contributed by atoms with Crippen LogP contribution in [0.1, 0.15) is 12.8 Å². The fourth-order valence-corrected chi connectivity index (χ4v) is 5.31. The molecule has 0 bridgehead atoms. The number of anilines is 1. The standard InChI is InChI=1S/C18H25N3O4S/c1-19(16-8-12-26(24,25)14-16)9-7-17(22)20-10-11-21(18(23)13-20)15-5-3-2-4-6-15/h2-6,16H,7-14H2,1H3/t16-/m1/s1. The molecular weight excluding hydrogens is 354 g/mol. The zero-order valence-corrected chi connectivity index (χ0v) is 15.8. The Morgan fingerprint density at radius 2 is 1.96 bits per heavy atom. The second-order valence-electron chi connectivity index (χ2n) is 6.98. The number of carbonyl (C=O) groups excluding carboxylic acids is 2. The Hall–Kier alpha value is -1.93. The van der Waals surface area contributed by atoms with Crippen LogP contribution in [0.15, 0.2) is 30.3 Å². The second-order valence-corrected chi connectivity index (χ2v) is 9.21. The maximum atomic E-state index is 12.4. The monoisotopic (exact) mass is 379 g/mol. The molecule has 0 unspecified atom stereocenters. The van der Waals surface area contributed by atoms with E-state index in [0.29, 0.717) is 32.5 Å². The summed E-state index contributed by atoms with van der Waals surface area (Å²) in [6, 6.07) is 9.45. The van der Waals surface area contributed by atoms with Crippen LogP contribution in [0.5, 0.6) is 0 Å². The molecule has 2 aliphatic heterocycles. The van der Waals surface area contributed by atoms with Gasteiger partial charge in [-0.15, -0.1) is 0 Å². The number of piperazine rings is 1. The maximum absolute atomic E-state index is 12.4. The molecule has 2 aliphatic rings. The number of hydrogen-bond donors (Lipinski definition) is 0. The van der Waals surface area contributed by atoms with E-state index in [1.165, 1.54) is 0 Å². The van der Waals surface area contributed by atoms with E-state index in [0.717, 1.165) is 5.69 Å². The first kappa shape index (κ1) is 18.8. The van der Waals surface area contributed by atoms with Crippen LogP contribution in [0.25, 0.3) is 0 Å². The molecule has 0 aromatic heterocycles. The summed E-state index contributed by atoms with van der Waals surface area (Å²) in [5.74, 6) is 0.266. The van der Waals surface area contributed by atoms with Crippen molar-refractivity contribution >= 4 is 27.3 Å². The third-order valence-corrected chi connectivity index (χ3v) is 6.90.